The van der Waals surface area contributed by atoms with Gasteiger partial charge in [-0.3, -0.25) is 0 Å². The topological polar surface area (TPSA) is 63.6 Å². The number of benzene rings is 1. The van der Waals surface area contributed by atoms with Crippen molar-refractivity contribution < 1.29 is 18.8 Å². The molecule has 0 aliphatic carbocycles. The summed E-state index contributed by atoms with van der Waals surface area (Å²) < 4.78 is 14.6. The van der Waals surface area contributed by atoms with Crippen LogP contribution in [0.5, 0.6) is 0 Å². The van der Waals surface area contributed by atoms with E-state index < -0.39 is 14.2 Å². The van der Waals surface area contributed by atoms with Gasteiger partial charge in [-0.1, -0.05) is 17.7 Å². The van der Waals surface area contributed by atoms with Crippen LogP contribution in [0, 0.1) is 20.8 Å². The summed E-state index contributed by atoms with van der Waals surface area (Å²) in [5.41, 5.74) is 2.89. The van der Waals surface area contributed by atoms with Gasteiger partial charge in [0.15, 0.2) is 0 Å². The minimum Gasteiger partial charge on any atom is -0.241 e. The van der Waals surface area contributed by atoms with Crippen molar-refractivity contribution in [3.05, 3.63) is 34.4 Å². The minimum atomic E-state index is -2.90. The average molecular weight is 227 g/mol. The number of rotatable bonds is 2. The van der Waals surface area contributed by atoms with Crippen LogP contribution in [-0.2, 0) is 9.09 Å². The second-order valence-corrected chi connectivity index (χ2v) is 4.05. The van der Waals surface area contributed by atoms with Crippen LogP contribution in [0.2, 0.25) is 0 Å². The van der Waals surface area contributed by atoms with Crippen molar-refractivity contribution >= 4 is 14.2 Å². The minimum absolute atomic E-state index is 0.359. The molecule has 0 heterocycles. The Labute approximate surface area is 88.8 Å². The second-order valence-electron chi connectivity index (χ2n) is 3.39. The zero-order valence-corrected chi connectivity index (χ0v) is 9.67. The summed E-state index contributed by atoms with van der Waals surface area (Å²) in [6, 6.07) is 3.65. The van der Waals surface area contributed by atoms with E-state index in [1.54, 1.807) is 13.8 Å². The fourth-order valence-electron chi connectivity index (χ4n) is 1.62. The molecule has 1 atom stereocenters. The van der Waals surface area contributed by atoms with Crippen molar-refractivity contribution in [2.24, 2.45) is 0 Å². The van der Waals surface area contributed by atoms with Gasteiger partial charge in [-0.15, -0.1) is 4.89 Å². The number of carbonyl (C=O) groups is 1. The molecule has 0 spiro atoms. The van der Waals surface area contributed by atoms with Gasteiger partial charge >= 0.3 is 14.2 Å². The van der Waals surface area contributed by atoms with Gasteiger partial charge in [-0.25, -0.2) is 4.79 Å². The maximum Gasteiger partial charge on any atom is 0.750 e. The molecule has 0 amide bonds. The van der Waals surface area contributed by atoms with E-state index >= 15 is 0 Å². The summed E-state index contributed by atoms with van der Waals surface area (Å²) in [5.74, 6) is -0.756. The third-order valence-corrected chi connectivity index (χ3v) is 2.36. The molecule has 1 aromatic carbocycles. The average Bonchev–Trinajstić information content (AvgIpc) is 1.99. The summed E-state index contributed by atoms with van der Waals surface area (Å²) in [6.07, 6.45) is 0. The van der Waals surface area contributed by atoms with E-state index in [1.807, 2.05) is 19.1 Å². The van der Waals surface area contributed by atoms with E-state index in [-0.39, 0.29) is 0 Å². The van der Waals surface area contributed by atoms with Gasteiger partial charge in [0.25, 0.3) is 0 Å². The molecule has 1 aromatic rings. The molecule has 0 fully saturated rings. The molecule has 1 rings (SSSR count). The summed E-state index contributed by atoms with van der Waals surface area (Å²) >= 11 is 0. The first kappa shape index (κ1) is 11.8. The Hall–Kier alpha value is -1.25. The van der Waals surface area contributed by atoms with Crippen molar-refractivity contribution in [3.8, 4) is 0 Å². The Morgan fingerprint density at radius 1 is 1.27 bits per heavy atom. The fraction of sp³-hybridized carbons (Fsp3) is 0.300. The Morgan fingerprint density at radius 2 is 1.73 bits per heavy atom. The van der Waals surface area contributed by atoms with Crippen LogP contribution in [0.3, 0.4) is 0 Å². The van der Waals surface area contributed by atoms with E-state index in [1.165, 1.54) is 0 Å². The molecule has 0 saturated carbocycles. The van der Waals surface area contributed by atoms with Crippen LogP contribution in [0.1, 0.15) is 27.0 Å². The molecular weight excluding hydrogens is 215 g/mol. The highest BCUT2D eigenvalue weighted by Gasteiger charge is 2.24. The first-order valence-electron chi connectivity index (χ1n) is 4.38. The quantitative estimate of drug-likeness (QED) is 0.788. The lowest BCUT2D eigenvalue weighted by molar-refractivity contribution is 0.0729. The Kier molecular flexibility index (Phi) is 3.56. The lowest BCUT2D eigenvalue weighted by atomic mass is 10.0. The number of aryl methyl sites for hydroxylation is 3. The molecule has 15 heavy (non-hydrogen) atoms. The normalized spacial score (nSPS) is 11.1. The van der Waals surface area contributed by atoms with Gasteiger partial charge in [0.1, 0.15) is 0 Å². The van der Waals surface area contributed by atoms with Gasteiger partial charge in [0.05, 0.1) is 5.56 Å². The van der Waals surface area contributed by atoms with Crippen LogP contribution < -0.4 is 0 Å². The zero-order valence-electron chi connectivity index (χ0n) is 8.77. The van der Waals surface area contributed by atoms with Crippen molar-refractivity contribution in [2.45, 2.75) is 20.8 Å². The molecule has 1 N–H and O–H groups in total. The van der Waals surface area contributed by atoms with Crippen molar-refractivity contribution in [1.29, 1.82) is 0 Å². The Morgan fingerprint density at radius 3 is 2.13 bits per heavy atom. The molecule has 0 aliphatic rings. The van der Waals surface area contributed by atoms with E-state index in [0.717, 1.165) is 16.7 Å². The molecule has 0 bridgehead atoms. The van der Waals surface area contributed by atoms with Crippen LogP contribution in [0.15, 0.2) is 12.1 Å². The summed E-state index contributed by atoms with van der Waals surface area (Å²) in [6.45, 7) is 5.45. The van der Waals surface area contributed by atoms with Gasteiger partial charge in [0.2, 0.25) is 0 Å². The molecular formula is C10H12O4P+. The Balaban J connectivity index is 3.14. The van der Waals surface area contributed by atoms with Gasteiger partial charge < -0.3 is 0 Å². The highest BCUT2D eigenvalue weighted by molar-refractivity contribution is 7.32. The lowest BCUT2D eigenvalue weighted by Gasteiger charge is -2.05. The van der Waals surface area contributed by atoms with Crippen LogP contribution in [0.25, 0.3) is 0 Å². The maximum atomic E-state index is 11.4. The highest BCUT2D eigenvalue weighted by Crippen LogP contribution is 2.23. The van der Waals surface area contributed by atoms with Gasteiger partial charge in [-0.2, -0.15) is 4.52 Å². The number of hydrogen-bond donors (Lipinski definition) is 1. The van der Waals surface area contributed by atoms with E-state index in [0.29, 0.717) is 5.56 Å². The summed E-state index contributed by atoms with van der Waals surface area (Å²) in [5, 5.41) is 0. The molecule has 80 valence electrons. The molecule has 0 aliphatic heterocycles. The van der Waals surface area contributed by atoms with Crippen molar-refractivity contribution in [2.75, 3.05) is 0 Å². The first-order valence-corrected chi connectivity index (χ1v) is 5.51. The largest absolute Gasteiger partial charge is 0.750 e. The molecule has 0 aromatic heterocycles. The predicted molar refractivity (Wildman–Crippen MR) is 55.9 cm³/mol. The summed E-state index contributed by atoms with van der Waals surface area (Å²) in [4.78, 5) is 19.9. The van der Waals surface area contributed by atoms with E-state index in [4.69, 9.17) is 4.89 Å². The van der Waals surface area contributed by atoms with Crippen LogP contribution in [-0.4, -0.2) is 10.9 Å². The SMILES string of the molecule is Cc1cc(C)c(C(=O)O[P+](=O)O)c(C)c1. The van der Waals surface area contributed by atoms with Gasteiger partial charge in [0, 0.05) is 4.57 Å². The maximum absolute atomic E-state index is 11.4. The van der Waals surface area contributed by atoms with Gasteiger partial charge in [-0.05, 0) is 31.9 Å². The molecule has 1 unspecified atom stereocenters. The van der Waals surface area contributed by atoms with E-state index in [9.17, 15) is 9.36 Å². The molecule has 0 radical (unpaired) electrons. The highest BCUT2D eigenvalue weighted by atomic mass is 31.1. The Bertz CT molecular complexity index is 402. The van der Waals surface area contributed by atoms with Crippen molar-refractivity contribution in [3.63, 3.8) is 0 Å². The number of carbonyl (C=O) groups excluding carboxylic acids is 1. The smallest absolute Gasteiger partial charge is 0.241 e. The fourth-order valence-corrected chi connectivity index (χ4v) is 1.85. The lowest BCUT2D eigenvalue weighted by Crippen LogP contribution is -2.05. The van der Waals surface area contributed by atoms with Crippen LogP contribution in [0.4, 0.5) is 0 Å². The monoisotopic (exact) mass is 227 g/mol. The predicted octanol–water partition coefficient (Wildman–Crippen LogP) is 2.42. The number of hydrogen-bond acceptors (Lipinski definition) is 3. The first-order chi connectivity index (χ1) is 6.91. The molecule has 0 saturated heterocycles. The van der Waals surface area contributed by atoms with Crippen LogP contribution >= 0.6 is 8.25 Å². The standard InChI is InChI=1S/C10H11O4P/c1-6-4-7(2)9(8(3)5-6)10(11)14-15(12)13/h4-5H,1-3H3/p+1. The van der Waals surface area contributed by atoms with Crippen molar-refractivity contribution in [1.82, 2.24) is 0 Å². The third kappa shape index (κ3) is 2.85. The third-order valence-electron chi connectivity index (χ3n) is 2.04. The molecule has 4 nitrogen and oxygen atoms in total. The summed E-state index contributed by atoms with van der Waals surface area (Å²) in [7, 11) is -2.90. The molecule has 5 heteroatoms. The zero-order chi connectivity index (χ0) is 11.6. The van der Waals surface area contributed by atoms with E-state index in [2.05, 4.69) is 4.52 Å². The second kappa shape index (κ2) is 4.51.